The van der Waals surface area contributed by atoms with Crippen molar-refractivity contribution in [1.29, 1.82) is 0 Å². The van der Waals surface area contributed by atoms with Gasteiger partial charge in [-0.2, -0.15) is 4.98 Å². The third-order valence-corrected chi connectivity index (χ3v) is 5.44. The van der Waals surface area contributed by atoms with E-state index in [2.05, 4.69) is 10.1 Å². The molecule has 1 aromatic heterocycles. The van der Waals surface area contributed by atoms with E-state index in [1.165, 1.54) is 0 Å². The number of benzene rings is 2. The average molecular weight is 439 g/mol. The van der Waals surface area contributed by atoms with Crippen molar-refractivity contribution in [3.05, 3.63) is 47.8 Å². The number of aromatic nitrogens is 2. The highest BCUT2D eigenvalue weighted by atomic mass is 16.5. The summed E-state index contributed by atoms with van der Waals surface area (Å²) in [6.07, 6.45) is 0.327. The van der Waals surface area contributed by atoms with Gasteiger partial charge in [-0.3, -0.25) is 4.79 Å². The number of methoxy groups -OCH3 is 4. The Hall–Kier alpha value is -3.75. The minimum Gasteiger partial charge on any atom is -0.497 e. The molecule has 1 unspecified atom stereocenters. The van der Waals surface area contributed by atoms with Crippen LogP contribution in [0, 0.1) is 0 Å². The van der Waals surface area contributed by atoms with Crippen molar-refractivity contribution in [3.8, 4) is 34.5 Å². The van der Waals surface area contributed by atoms with Gasteiger partial charge in [0.15, 0.2) is 17.3 Å². The fourth-order valence-corrected chi connectivity index (χ4v) is 3.75. The summed E-state index contributed by atoms with van der Waals surface area (Å²) in [6.45, 7) is 0.973. The van der Waals surface area contributed by atoms with Gasteiger partial charge >= 0.3 is 0 Å². The maximum Gasteiger partial charge on any atom is 0.258 e. The molecule has 2 aromatic carbocycles. The van der Waals surface area contributed by atoms with Crippen LogP contribution in [-0.4, -0.2) is 55.9 Å². The van der Waals surface area contributed by atoms with Gasteiger partial charge < -0.3 is 28.4 Å². The van der Waals surface area contributed by atoms with Crippen LogP contribution in [0.25, 0.3) is 11.5 Å². The first-order valence-electron chi connectivity index (χ1n) is 10.1. The Morgan fingerprint density at radius 3 is 2.34 bits per heavy atom. The van der Waals surface area contributed by atoms with Crippen LogP contribution < -0.4 is 18.9 Å². The zero-order valence-electron chi connectivity index (χ0n) is 18.5. The molecule has 32 heavy (non-hydrogen) atoms. The van der Waals surface area contributed by atoms with Crippen molar-refractivity contribution in [1.82, 2.24) is 15.0 Å². The van der Waals surface area contributed by atoms with Crippen LogP contribution in [0.4, 0.5) is 0 Å². The molecule has 2 heterocycles. The minimum absolute atomic E-state index is 0.0409. The van der Waals surface area contributed by atoms with Gasteiger partial charge in [-0.15, -0.1) is 0 Å². The smallest absolute Gasteiger partial charge is 0.258 e. The molecule has 9 nitrogen and oxygen atoms in total. The molecule has 1 aliphatic heterocycles. The van der Waals surface area contributed by atoms with Gasteiger partial charge in [-0.1, -0.05) is 11.2 Å². The number of hydrogen-bond acceptors (Lipinski definition) is 8. The number of likely N-dealkylation sites (tertiary alicyclic amines) is 1. The molecule has 1 amide bonds. The molecule has 4 rings (SSSR count). The molecule has 0 aliphatic carbocycles. The van der Waals surface area contributed by atoms with E-state index in [-0.39, 0.29) is 11.8 Å². The summed E-state index contributed by atoms with van der Waals surface area (Å²) in [6, 6.07) is 11.0. The van der Waals surface area contributed by atoms with Crippen LogP contribution in [0.5, 0.6) is 23.0 Å². The summed E-state index contributed by atoms with van der Waals surface area (Å²) < 4.78 is 26.7. The molecular weight excluding hydrogens is 414 g/mol. The Morgan fingerprint density at radius 1 is 0.969 bits per heavy atom. The zero-order valence-corrected chi connectivity index (χ0v) is 18.5. The first-order valence-corrected chi connectivity index (χ1v) is 10.1. The summed E-state index contributed by atoms with van der Waals surface area (Å²) in [4.78, 5) is 19.0. The van der Waals surface area contributed by atoms with Crippen molar-refractivity contribution in [2.75, 3.05) is 35.0 Å². The maximum atomic E-state index is 12.6. The maximum absolute atomic E-state index is 12.6. The predicted molar refractivity (Wildman–Crippen MR) is 115 cm³/mol. The quantitative estimate of drug-likeness (QED) is 0.528. The van der Waals surface area contributed by atoms with Gasteiger partial charge in [0, 0.05) is 37.1 Å². The molecule has 0 N–H and O–H groups in total. The second-order valence-corrected chi connectivity index (χ2v) is 7.42. The average Bonchev–Trinajstić information content (AvgIpc) is 3.46. The molecule has 168 valence electrons. The molecule has 0 saturated carbocycles. The first-order chi connectivity index (χ1) is 15.5. The van der Waals surface area contributed by atoms with Gasteiger partial charge in [0.25, 0.3) is 5.89 Å². The lowest BCUT2D eigenvalue weighted by Crippen LogP contribution is -2.24. The SMILES string of the molecule is COc1cc(OC)cc(-c2nc(C3CC(=O)N(Cc4ccc(OC)c(OC)c4)C3)no2)c1. The molecule has 0 radical (unpaired) electrons. The molecule has 1 aliphatic rings. The third-order valence-electron chi connectivity index (χ3n) is 5.44. The number of ether oxygens (including phenoxy) is 4. The van der Waals surface area contributed by atoms with Gasteiger partial charge in [0.05, 0.1) is 28.4 Å². The van der Waals surface area contributed by atoms with Crippen LogP contribution >= 0.6 is 0 Å². The lowest BCUT2D eigenvalue weighted by molar-refractivity contribution is -0.128. The number of hydrogen-bond donors (Lipinski definition) is 0. The Kier molecular flexibility index (Phi) is 6.16. The number of carbonyl (C=O) groups is 1. The molecule has 1 fully saturated rings. The van der Waals surface area contributed by atoms with Crippen LogP contribution in [0.15, 0.2) is 40.9 Å². The normalized spacial score (nSPS) is 15.7. The van der Waals surface area contributed by atoms with E-state index in [0.29, 0.717) is 59.8 Å². The number of carbonyl (C=O) groups excluding carboxylic acids is 1. The Balaban J connectivity index is 1.49. The van der Waals surface area contributed by atoms with Crippen LogP contribution in [-0.2, 0) is 11.3 Å². The third kappa shape index (κ3) is 4.32. The van der Waals surface area contributed by atoms with E-state index in [1.54, 1.807) is 51.5 Å². The van der Waals surface area contributed by atoms with E-state index < -0.39 is 0 Å². The van der Waals surface area contributed by atoms with Crippen molar-refractivity contribution in [2.24, 2.45) is 0 Å². The zero-order chi connectivity index (χ0) is 22.7. The van der Waals surface area contributed by atoms with E-state index in [1.807, 2.05) is 18.2 Å². The summed E-state index contributed by atoms with van der Waals surface area (Å²) in [5, 5.41) is 4.13. The lowest BCUT2D eigenvalue weighted by atomic mass is 10.1. The van der Waals surface area contributed by atoms with Crippen LogP contribution in [0.1, 0.15) is 23.7 Å². The van der Waals surface area contributed by atoms with Crippen molar-refractivity contribution in [3.63, 3.8) is 0 Å². The fraction of sp³-hybridized carbons (Fsp3) is 0.348. The molecule has 0 spiro atoms. The van der Waals surface area contributed by atoms with E-state index >= 15 is 0 Å². The van der Waals surface area contributed by atoms with Gasteiger partial charge in [0.1, 0.15) is 11.5 Å². The van der Waals surface area contributed by atoms with E-state index in [9.17, 15) is 4.79 Å². The number of amides is 1. The highest BCUT2D eigenvalue weighted by Crippen LogP contribution is 2.33. The van der Waals surface area contributed by atoms with E-state index in [0.717, 1.165) is 5.56 Å². The van der Waals surface area contributed by atoms with Crippen molar-refractivity contribution in [2.45, 2.75) is 18.9 Å². The van der Waals surface area contributed by atoms with Gasteiger partial charge in [0.2, 0.25) is 5.91 Å². The largest absolute Gasteiger partial charge is 0.497 e. The van der Waals surface area contributed by atoms with Crippen molar-refractivity contribution >= 4 is 5.91 Å². The monoisotopic (exact) mass is 439 g/mol. The fourth-order valence-electron chi connectivity index (χ4n) is 3.75. The predicted octanol–water partition coefficient (Wildman–Crippen LogP) is 3.29. The summed E-state index contributed by atoms with van der Waals surface area (Å²) in [5.74, 6) is 3.27. The van der Waals surface area contributed by atoms with Gasteiger partial charge in [-0.25, -0.2) is 0 Å². The molecule has 3 aromatic rings. The Labute approximate surface area is 185 Å². The Morgan fingerprint density at radius 2 is 1.69 bits per heavy atom. The highest BCUT2D eigenvalue weighted by Gasteiger charge is 2.34. The lowest BCUT2D eigenvalue weighted by Gasteiger charge is -2.17. The molecule has 9 heteroatoms. The second kappa shape index (κ2) is 9.17. The minimum atomic E-state index is -0.146. The number of rotatable bonds is 8. The first kappa shape index (κ1) is 21.5. The standard InChI is InChI=1S/C23H25N3O6/c1-28-17-8-15(9-18(11-17)29-2)23-24-22(25-32-23)16-10-21(27)26(13-16)12-14-5-6-19(30-3)20(7-14)31-4/h5-9,11,16H,10,12-13H2,1-4H3. The van der Waals surface area contributed by atoms with Crippen LogP contribution in [0.3, 0.4) is 0 Å². The summed E-state index contributed by atoms with van der Waals surface area (Å²) in [5.41, 5.74) is 1.64. The summed E-state index contributed by atoms with van der Waals surface area (Å²) >= 11 is 0. The molecule has 1 atom stereocenters. The molecule has 1 saturated heterocycles. The highest BCUT2D eigenvalue weighted by molar-refractivity contribution is 5.79. The van der Waals surface area contributed by atoms with Crippen LogP contribution in [0.2, 0.25) is 0 Å². The Bertz CT molecular complexity index is 1090. The topological polar surface area (TPSA) is 96.2 Å². The summed E-state index contributed by atoms with van der Waals surface area (Å²) in [7, 11) is 6.33. The molecule has 0 bridgehead atoms. The number of nitrogens with zero attached hydrogens (tertiary/aromatic N) is 3. The second-order valence-electron chi connectivity index (χ2n) is 7.42. The van der Waals surface area contributed by atoms with Crippen molar-refractivity contribution < 1.29 is 28.3 Å². The van der Waals surface area contributed by atoms with E-state index in [4.69, 9.17) is 23.5 Å². The van der Waals surface area contributed by atoms with Gasteiger partial charge in [-0.05, 0) is 29.8 Å². The molecular formula is C23H25N3O6.